The Morgan fingerprint density at radius 2 is 0.393 bits per heavy atom. The Labute approximate surface area is 508 Å². The van der Waals surface area contributed by atoms with Crippen molar-refractivity contribution in [1.82, 2.24) is 0 Å². The van der Waals surface area contributed by atoms with Crippen molar-refractivity contribution in [2.75, 3.05) is 24.5 Å². The van der Waals surface area contributed by atoms with Crippen molar-refractivity contribution in [3.63, 3.8) is 0 Å². The second kappa shape index (κ2) is 20.1. The molecule has 5 heterocycles. The summed E-state index contributed by atoms with van der Waals surface area (Å²) < 4.78 is 0. The average molecular weight is 1170 g/mol. The number of hydrogen-bond donors (Lipinski definition) is 0. The SMILES string of the molecule is N#Cc1ccc(-c2c(N3c4ccccc4Sc4ccccc43)c(N3c4ccccc4Sc4ccccc43)c(N3c4ccccc4Sc4ccccc43)c(N3c4ccccc4Sc4ccccc43)c2N2c3ccccc3Sc3ccccc32)cc1. The third-order valence-electron chi connectivity index (χ3n) is 16.0. The van der Waals surface area contributed by atoms with Crippen LogP contribution in [0.1, 0.15) is 5.56 Å². The molecule has 0 unspecified atom stereocenters. The van der Waals surface area contributed by atoms with Gasteiger partial charge in [0, 0.05) is 54.5 Å². The van der Waals surface area contributed by atoms with Crippen molar-refractivity contribution in [1.29, 1.82) is 5.26 Å². The summed E-state index contributed by atoms with van der Waals surface area (Å²) in [5, 5.41) is 10.7. The van der Waals surface area contributed by atoms with Gasteiger partial charge in [0.25, 0.3) is 0 Å². The monoisotopic (exact) mass is 1160 g/mol. The Hall–Kier alpha value is -9.12. The summed E-state index contributed by atoms with van der Waals surface area (Å²) in [5.74, 6) is 0. The number of anilines is 15. The van der Waals surface area contributed by atoms with E-state index in [4.69, 9.17) is 0 Å². The van der Waals surface area contributed by atoms with E-state index in [-0.39, 0.29) is 0 Å². The highest BCUT2D eigenvalue weighted by Gasteiger charge is 2.46. The molecule has 0 fully saturated rings. The summed E-state index contributed by atoms with van der Waals surface area (Å²) in [7, 11) is 0. The van der Waals surface area contributed by atoms with Gasteiger partial charge in [0.1, 0.15) is 0 Å². The molecule has 396 valence electrons. The fraction of sp³-hybridized carbons (Fsp3) is 0. The second-order valence-electron chi connectivity index (χ2n) is 20.7. The van der Waals surface area contributed by atoms with Crippen LogP contribution in [0, 0.1) is 11.3 Å². The Bertz CT molecular complexity index is 4300. The molecule has 0 saturated carbocycles. The number of nitrogens with zero attached hydrogens (tertiary/aromatic N) is 6. The van der Waals surface area contributed by atoms with Gasteiger partial charge >= 0.3 is 0 Å². The molecule has 0 atom stereocenters. The maximum Gasteiger partial charge on any atom is 0.0991 e. The highest BCUT2D eigenvalue weighted by Crippen LogP contribution is 2.72. The number of hydrogen-bond acceptors (Lipinski definition) is 11. The fourth-order valence-electron chi connectivity index (χ4n) is 12.5. The molecule has 0 aromatic heterocycles. The van der Waals surface area contributed by atoms with E-state index in [0.717, 1.165) is 145 Å². The number of rotatable bonds is 6. The average Bonchev–Trinajstić information content (AvgIpc) is 0.775. The Morgan fingerprint density at radius 3 is 0.595 bits per heavy atom. The zero-order valence-corrected chi connectivity index (χ0v) is 48.7. The van der Waals surface area contributed by atoms with Crippen LogP contribution < -0.4 is 24.5 Å². The summed E-state index contributed by atoms with van der Waals surface area (Å²) in [5.41, 5.74) is 18.0. The Balaban J connectivity index is 1.21. The molecule has 17 rings (SSSR count). The summed E-state index contributed by atoms with van der Waals surface area (Å²) in [6, 6.07) is 100. The lowest BCUT2D eigenvalue weighted by atomic mass is 9.90. The van der Waals surface area contributed by atoms with Crippen molar-refractivity contribution in [3.05, 3.63) is 272 Å². The van der Waals surface area contributed by atoms with Gasteiger partial charge in [-0.2, -0.15) is 5.26 Å². The lowest BCUT2D eigenvalue weighted by molar-refractivity contribution is 1.08. The standard InChI is InChI=1S/C73H44N6S5/c74-45-46-41-43-47(44-42-46)68-69(75-48-21-1-11-31-58(48)80-59-32-12-2-22-49(59)75)71(77-52-25-5-15-35-62(52)82-63-36-16-6-26-53(63)77)73(79-56-29-9-19-39-66(56)84-67-40-20-10-30-57(67)79)72(78-54-27-7-17-37-64(54)83-65-38-18-8-28-55(65)78)70(68)76-50-23-3-13-33-60(50)81-61-34-14-4-24-51(61)76/h1-44H. The van der Waals surface area contributed by atoms with Crippen molar-refractivity contribution in [2.24, 2.45) is 0 Å². The summed E-state index contributed by atoms with van der Waals surface area (Å²) in [6.07, 6.45) is 0. The number of benzene rings is 12. The molecule has 0 spiro atoms. The molecule has 11 heteroatoms. The predicted molar refractivity (Wildman–Crippen MR) is 351 cm³/mol. The number of nitriles is 1. The van der Waals surface area contributed by atoms with E-state index in [0.29, 0.717) is 5.56 Å². The zero-order chi connectivity index (χ0) is 55.4. The highest BCUT2D eigenvalue weighted by molar-refractivity contribution is 8.00. The van der Waals surface area contributed by atoms with Gasteiger partial charge < -0.3 is 24.5 Å². The molecule has 12 aromatic carbocycles. The highest BCUT2D eigenvalue weighted by atomic mass is 32.2. The molecular formula is C73H44N6S5. The topological polar surface area (TPSA) is 40.0 Å². The first kappa shape index (κ1) is 49.5. The van der Waals surface area contributed by atoms with E-state index in [1.165, 1.54) is 0 Å². The van der Waals surface area contributed by atoms with Crippen LogP contribution in [-0.2, 0) is 0 Å². The number of fused-ring (bicyclic) bond motifs is 10. The van der Waals surface area contributed by atoms with Gasteiger partial charge in [-0.25, -0.2) is 0 Å². The van der Waals surface area contributed by atoms with Crippen LogP contribution in [-0.4, -0.2) is 0 Å². The molecule has 0 radical (unpaired) electrons. The van der Waals surface area contributed by atoms with Crippen molar-refractivity contribution in [3.8, 4) is 17.2 Å². The van der Waals surface area contributed by atoms with E-state index >= 15 is 0 Å². The second-order valence-corrected chi connectivity index (χ2v) is 26.1. The minimum atomic E-state index is 0.583. The van der Waals surface area contributed by atoms with Crippen LogP contribution >= 0.6 is 58.8 Å². The van der Waals surface area contributed by atoms with Crippen molar-refractivity contribution < 1.29 is 0 Å². The minimum Gasteiger partial charge on any atom is -0.305 e. The molecule has 6 nitrogen and oxygen atoms in total. The van der Waals surface area contributed by atoms with Crippen LogP contribution in [0.15, 0.2) is 316 Å². The van der Waals surface area contributed by atoms with E-state index in [1.807, 2.05) is 70.9 Å². The van der Waals surface area contributed by atoms with Gasteiger partial charge in [0.15, 0.2) is 0 Å². The van der Waals surface area contributed by atoms with Gasteiger partial charge in [-0.1, -0.05) is 192 Å². The van der Waals surface area contributed by atoms with Gasteiger partial charge in [-0.15, -0.1) is 0 Å². The van der Waals surface area contributed by atoms with E-state index < -0.39 is 0 Å². The van der Waals surface area contributed by atoms with Gasteiger partial charge in [-0.3, -0.25) is 0 Å². The van der Waals surface area contributed by atoms with E-state index in [1.54, 1.807) is 0 Å². The molecule has 0 saturated heterocycles. The maximum atomic E-state index is 10.7. The van der Waals surface area contributed by atoms with Gasteiger partial charge in [0.05, 0.1) is 96.9 Å². The molecule has 0 aliphatic carbocycles. The summed E-state index contributed by atoms with van der Waals surface area (Å²) in [6.45, 7) is 0. The van der Waals surface area contributed by atoms with Crippen LogP contribution in [0.4, 0.5) is 85.3 Å². The molecule has 0 amide bonds. The molecule has 5 aliphatic rings. The van der Waals surface area contributed by atoms with Crippen LogP contribution in [0.2, 0.25) is 0 Å². The van der Waals surface area contributed by atoms with E-state index in [9.17, 15) is 5.26 Å². The van der Waals surface area contributed by atoms with E-state index in [2.05, 4.69) is 285 Å². The summed E-state index contributed by atoms with van der Waals surface area (Å²) >= 11 is 9.08. The molecule has 12 aromatic rings. The minimum absolute atomic E-state index is 0.583. The van der Waals surface area contributed by atoms with Crippen LogP contribution in [0.25, 0.3) is 11.1 Å². The summed E-state index contributed by atoms with van der Waals surface area (Å²) in [4.78, 5) is 24.4. The molecule has 0 bridgehead atoms. The Kier molecular flexibility index (Phi) is 11.8. The zero-order valence-electron chi connectivity index (χ0n) is 44.6. The molecular weight excluding hydrogens is 1120 g/mol. The largest absolute Gasteiger partial charge is 0.305 e. The number of para-hydroxylation sites is 10. The van der Waals surface area contributed by atoms with Crippen LogP contribution in [0.5, 0.6) is 0 Å². The normalized spacial score (nSPS) is 13.8. The molecule has 0 N–H and O–H groups in total. The quantitative estimate of drug-likeness (QED) is 0.160. The van der Waals surface area contributed by atoms with Crippen molar-refractivity contribution in [2.45, 2.75) is 49.0 Å². The van der Waals surface area contributed by atoms with Crippen LogP contribution in [0.3, 0.4) is 0 Å². The van der Waals surface area contributed by atoms with Gasteiger partial charge in [0.2, 0.25) is 0 Å². The smallest absolute Gasteiger partial charge is 0.0991 e. The first-order valence-corrected chi connectivity index (χ1v) is 31.8. The molecule has 5 aliphatic heterocycles. The lowest BCUT2D eigenvalue weighted by Crippen LogP contribution is -2.29. The molecule has 84 heavy (non-hydrogen) atoms. The first-order valence-electron chi connectivity index (χ1n) is 27.7. The fourth-order valence-corrected chi connectivity index (χ4v) is 17.8. The maximum absolute atomic E-state index is 10.7. The van der Waals surface area contributed by atoms with Gasteiger partial charge in [-0.05, 0) is 139 Å². The predicted octanol–water partition coefficient (Wildman–Crippen LogP) is 22.9. The third-order valence-corrected chi connectivity index (χ3v) is 21.6. The first-order chi connectivity index (χ1) is 41.7. The Morgan fingerprint density at radius 1 is 0.214 bits per heavy atom. The van der Waals surface area contributed by atoms with Crippen molar-refractivity contribution >= 4 is 144 Å². The third kappa shape index (κ3) is 7.72. The lowest BCUT2D eigenvalue weighted by Gasteiger charge is -2.48.